The van der Waals surface area contributed by atoms with E-state index in [1.54, 1.807) is 16.9 Å². The number of carbonyl (C=O) groups excluding carboxylic acids is 1. The van der Waals surface area contributed by atoms with Crippen LogP contribution in [0.2, 0.25) is 0 Å². The van der Waals surface area contributed by atoms with Gasteiger partial charge in [-0.2, -0.15) is 5.10 Å². The number of nitrogens with one attached hydrogen (secondary N) is 1. The van der Waals surface area contributed by atoms with Gasteiger partial charge in [-0.3, -0.25) is 4.79 Å². The zero-order valence-corrected chi connectivity index (χ0v) is 14.7. The molecule has 0 radical (unpaired) electrons. The van der Waals surface area contributed by atoms with E-state index in [1.165, 1.54) is 0 Å². The summed E-state index contributed by atoms with van der Waals surface area (Å²) in [7, 11) is 0. The number of amides is 1. The third-order valence-corrected chi connectivity index (χ3v) is 4.44. The highest BCUT2D eigenvalue weighted by Crippen LogP contribution is 2.32. The molecular formula is C18H19N5O3. The van der Waals surface area contributed by atoms with Gasteiger partial charge < -0.3 is 14.8 Å². The quantitative estimate of drug-likeness (QED) is 0.772. The first-order valence-corrected chi connectivity index (χ1v) is 8.47. The maximum absolute atomic E-state index is 12.4. The van der Waals surface area contributed by atoms with Gasteiger partial charge in [0, 0.05) is 23.7 Å². The van der Waals surface area contributed by atoms with Gasteiger partial charge in [-0.25, -0.2) is 4.52 Å². The van der Waals surface area contributed by atoms with Crippen LogP contribution in [0.4, 0.5) is 5.69 Å². The third-order valence-electron chi connectivity index (χ3n) is 4.44. The third kappa shape index (κ3) is 3.05. The van der Waals surface area contributed by atoms with Gasteiger partial charge in [-0.15, -0.1) is 10.2 Å². The highest BCUT2D eigenvalue weighted by Gasteiger charge is 2.15. The molecule has 3 aromatic rings. The highest BCUT2D eigenvalue weighted by atomic mass is 16.6. The Morgan fingerprint density at radius 1 is 1.23 bits per heavy atom. The Bertz CT molecular complexity index is 982. The fourth-order valence-electron chi connectivity index (χ4n) is 3.13. The summed E-state index contributed by atoms with van der Waals surface area (Å²) in [5.74, 6) is 1.29. The van der Waals surface area contributed by atoms with Crippen molar-refractivity contribution in [2.45, 2.75) is 26.7 Å². The number of benzene rings is 1. The number of fused-ring (bicyclic) bond motifs is 2. The van der Waals surface area contributed by atoms with Crippen LogP contribution in [0.1, 0.15) is 23.2 Å². The molecule has 1 aliphatic rings. The molecule has 3 heterocycles. The second kappa shape index (κ2) is 6.62. The molecule has 0 saturated carbocycles. The molecule has 1 N–H and O–H groups in total. The highest BCUT2D eigenvalue weighted by molar-refractivity contribution is 5.91. The summed E-state index contributed by atoms with van der Waals surface area (Å²) >= 11 is 0. The molecule has 2 aromatic heterocycles. The van der Waals surface area contributed by atoms with Crippen LogP contribution < -0.4 is 14.8 Å². The number of rotatable bonds is 4. The maximum atomic E-state index is 12.4. The lowest BCUT2D eigenvalue weighted by Gasteiger charge is -2.19. The standard InChI is InChI=1S/C18H19N5O3/c1-11-14(12(2)22-23-10-19-21-18(11)23)4-6-17(24)20-13-3-5-15-16(9-13)26-8-7-25-15/h3,5,9-10H,4,6-8H2,1-2H3,(H,20,24). The van der Waals surface area contributed by atoms with Crippen LogP contribution in [0, 0.1) is 13.8 Å². The maximum Gasteiger partial charge on any atom is 0.224 e. The SMILES string of the molecule is Cc1nn2cnnc2c(C)c1CCC(=O)Nc1ccc2c(c1)OCCO2. The molecule has 134 valence electrons. The van der Waals surface area contributed by atoms with Crippen LogP contribution in [0.25, 0.3) is 5.65 Å². The van der Waals surface area contributed by atoms with Gasteiger partial charge >= 0.3 is 0 Å². The first kappa shape index (κ1) is 16.3. The van der Waals surface area contributed by atoms with Crippen LogP contribution in [0.15, 0.2) is 24.5 Å². The second-order valence-corrected chi connectivity index (χ2v) is 6.19. The first-order chi connectivity index (χ1) is 12.6. The Morgan fingerprint density at radius 3 is 2.88 bits per heavy atom. The van der Waals surface area contributed by atoms with Gasteiger partial charge in [0.15, 0.2) is 17.1 Å². The topological polar surface area (TPSA) is 90.6 Å². The van der Waals surface area contributed by atoms with Crippen molar-refractivity contribution < 1.29 is 14.3 Å². The number of hydrogen-bond acceptors (Lipinski definition) is 6. The number of carbonyl (C=O) groups is 1. The summed E-state index contributed by atoms with van der Waals surface area (Å²) in [6.07, 6.45) is 2.51. The van der Waals surface area contributed by atoms with Crippen LogP contribution in [-0.2, 0) is 11.2 Å². The second-order valence-electron chi connectivity index (χ2n) is 6.19. The van der Waals surface area contributed by atoms with Gasteiger partial charge in [0.2, 0.25) is 5.91 Å². The Balaban J connectivity index is 1.44. The molecule has 0 atom stereocenters. The van der Waals surface area contributed by atoms with Crippen molar-refractivity contribution in [2.75, 3.05) is 18.5 Å². The normalized spacial score (nSPS) is 13.0. The van der Waals surface area contributed by atoms with Crippen molar-refractivity contribution in [1.82, 2.24) is 19.8 Å². The molecule has 4 rings (SSSR count). The van der Waals surface area contributed by atoms with E-state index in [9.17, 15) is 4.79 Å². The lowest BCUT2D eigenvalue weighted by Crippen LogP contribution is -2.17. The van der Waals surface area contributed by atoms with Crippen LogP contribution in [0.5, 0.6) is 11.5 Å². The van der Waals surface area contributed by atoms with E-state index in [2.05, 4.69) is 20.6 Å². The predicted molar refractivity (Wildman–Crippen MR) is 94.6 cm³/mol. The average Bonchev–Trinajstić information content (AvgIpc) is 3.10. The fourth-order valence-corrected chi connectivity index (χ4v) is 3.13. The molecule has 26 heavy (non-hydrogen) atoms. The number of ether oxygens (including phenoxy) is 2. The molecule has 0 spiro atoms. The van der Waals surface area contributed by atoms with E-state index in [4.69, 9.17) is 9.47 Å². The predicted octanol–water partition coefficient (Wildman–Crippen LogP) is 2.08. The smallest absolute Gasteiger partial charge is 0.224 e. The summed E-state index contributed by atoms with van der Waals surface area (Å²) in [5, 5.41) is 15.3. The van der Waals surface area contributed by atoms with E-state index in [-0.39, 0.29) is 5.91 Å². The van der Waals surface area contributed by atoms with E-state index >= 15 is 0 Å². The molecule has 0 saturated heterocycles. The van der Waals surface area contributed by atoms with E-state index in [1.807, 2.05) is 26.0 Å². The summed E-state index contributed by atoms with van der Waals surface area (Å²) in [6, 6.07) is 5.40. The van der Waals surface area contributed by atoms with E-state index < -0.39 is 0 Å². The van der Waals surface area contributed by atoms with Crippen molar-refractivity contribution in [3.05, 3.63) is 41.3 Å². The zero-order valence-electron chi connectivity index (χ0n) is 14.7. The molecule has 8 nitrogen and oxygen atoms in total. The van der Waals surface area contributed by atoms with Crippen molar-refractivity contribution in [3.8, 4) is 11.5 Å². The minimum absolute atomic E-state index is 0.0678. The van der Waals surface area contributed by atoms with Crippen LogP contribution in [-0.4, -0.2) is 38.9 Å². The largest absolute Gasteiger partial charge is 0.486 e. The van der Waals surface area contributed by atoms with Crippen molar-refractivity contribution >= 4 is 17.2 Å². The Morgan fingerprint density at radius 2 is 2.04 bits per heavy atom. The van der Waals surface area contributed by atoms with Gasteiger partial charge in [0.1, 0.15) is 19.5 Å². The Kier molecular flexibility index (Phi) is 4.16. The van der Waals surface area contributed by atoms with Gasteiger partial charge in [-0.1, -0.05) is 0 Å². The van der Waals surface area contributed by atoms with Crippen LogP contribution >= 0.6 is 0 Å². The van der Waals surface area contributed by atoms with Gasteiger partial charge in [0.25, 0.3) is 0 Å². The molecule has 0 bridgehead atoms. The summed E-state index contributed by atoms with van der Waals surface area (Å²) in [6.45, 7) is 4.97. The number of nitrogens with zero attached hydrogens (tertiary/aromatic N) is 4. The minimum atomic E-state index is -0.0678. The molecular weight excluding hydrogens is 334 g/mol. The van der Waals surface area contributed by atoms with Crippen LogP contribution in [0.3, 0.4) is 0 Å². The molecule has 1 amide bonds. The Hall–Kier alpha value is -3.16. The van der Waals surface area contributed by atoms with Crippen molar-refractivity contribution in [3.63, 3.8) is 0 Å². The lowest BCUT2D eigenvalue weighted by molar-refractivity contribution is -0.116. The monoisotopic (exact) mass is 353 g/mol. The first-order valence-electron chi connectivity index (χ1n) is 8.47. The van der Waals surface area contributed by atoms with Gasteiger partial charge in [0.05, 0.1) is 5.69 Å². The summed E-state index contributed by atoms with van der Waals surface area (Å²) in [5.41, 5.74) is 4.32. The number of anilines is 1. The summed E-state index contributed by atoms with van der Waals surface area (Å²) < 4.78 is 12.7. The molecule has 0 fully saturated rings. The number of aryl methyl sites for hydroxylation is 2. The molecule has 8 heteroatoms. The number of hydrogen-bond donors (Lipinski definition) is 1. The molecule has 1 aromatic carbocycles. The average molecular weight is 353 g/mol. The fraction of sp³-hybridized carbons (Fsp3) is 0.333. The minimum Gasteiger partial charge on any atom is -0.486 e. The number of aromatic nitrogens is 4. The lowest BCUT2D eigenvalue weighted by atomic mass is 10.0. The summed E-state index contributed by atoms with van der Waals surface area (Å²) in [4.78, 5) is 12.4. The zero-order chi connectivity index (χ0) is 18.1. The van der Waals surface area contributed by atoms with Crippen molar-refractivity contribution in [1.29, 1.82) is 0 Å². The molecule has 0 unspecified atom stereocenters. The van der Waals surface area contributed by atoms with E-state index in [0.717, 1.165) is 22.5 Å². The molecule has 1 aliphatic heterocycles. The Labute approximate surface area is 150 Å². The van der Waals surface area contributed by atoms with Crippen molar-refractivity contribution in [2.24, 2.45) is 0 Å². The van der Waals surface area contributed by atoms with E-state index in [0.29, 0.717) is 43.2 Å². The van der Waals surface area contributed by atoms with Gasteiger partial charge in [-0.05, 0) is 38.0 Å². The molecule has 0 aliphatic carbocycles.